The van der Waals surface area contributed by atoms with Crippen LogP contribution in [0.5, 0.6) is 0 Å². The van der Waals surface area contributed by atoms with Crippen LogP contribution in [-0.2, 0) is 4.74 Å². The summed E-state index contributed by atoms with van der Waals surface area (Å²) in [5.74, 6) is 2.60. The van der Waals surface area contributed by atoms with Crippen molar-refractivity contribution < 1.29 is 4.74 Å². The van der Waals surface area contributed by atoms with E-state index in [1.807, 2.05) is 0 Å². The predicted octanol–water partition coefficient (Wildman–Crippen LogP) is 2.44. The topological polar surface area (TPSA) is 21.3 Å². The molecule has 1 aliphatic carbocycles. The zero-order valence-electron chi connectivity index (χ0n) is 10.2. The molecular formula is C13H25NO. The number of hydrogen-bond donors (Lipinski definition) is 1. The monoisotopic (exact) mass is 211 g/mol. The van der Waals surface area contributed by atoms with Crippen molar-refractivity contribution in [3.05, 3.63) is 0 Å². The first kappa shape index (κ1) is 11.4. The van der Waals surface area contributed by atoms with Crippen molar-refractivity contribution in [2.24, 2.45) is 17.8 Å². The molecule has 1 saturated heterocycles. The van der Waals surface area contributed by atoms with Gasteiger partial charge in [0.05, 0.1) is 6.61 Å². The minimum atomic E-state index is 0.704. The Balaban J connectivity index is 1.92. The zero-order valence-corrected chi connectivity index (χ0v) is 10.2. The molecular weight excluding hydrogens is 186 g/mol. The molecule has 0 spiro atoms. The number of nitrogens with one attached hydrogen (secondary N) is 1. The van der Waals surface area contributed by atoms with E-state index in [-0.39, 0.29) is 0 Å². The summed E-state index contributed by atoms with van der Waals surface area (Å²) < 4.78 is 5.52. The van der Waals surface area contributed by atoms with Gasteiger partial charge in [-0.15, -0.1) is 0 Å². The fourth-order valence-corrected chi connectivity index (χ4v) is 3.50. The minimum Gasteiger partial charge on any atom is -0.381 e. The third-order valence-electron chi connectivity index (χ3n) is 4.29. The van der Waals surface area contributed by atoms with Crippen LogP contribution in [0.3, 0.4) is 0 Å². The Kier molecular flexibility index (Phi) is 4.04. The fourth-order valence-electron chi connectivity index (χ4n) is 3.50. The molecule has 2 heteroatoms. The highest BCUT2D eigenvalue weighted by atomic mass is 16.5. The maximum atomic E-state index is 5.52. The van der Waals surface area contributed by atoms with Gasteiger partial charge < -0.3 is 10.1 Å². The van der Waals surface area contributed by atoms with Crippen molar-refractivity contribution >= 4 is 0 Å². The van der Waals surface area contributed by atoms with E-state index in [0.717, 1.165) is 31.0 Å². The highest BCUT2D eigenvalue weighted by Crippen LogP contribution is 2.34. The second kappa shape index (κ2) is 5.31. The molecule has 0 aromatic carbocycles. The van der Waals surface area contributed by atoms with Crippen LogP contribution in [0.25, 0.3) is 0 Å². The largest absolute Gasteiger partial charge is 0.381 e. The first-order chi connectivity index (χ1) is 7.31. The summed E-state index contributed by atoms with van der Waals surface area (Å²) in [4.78, 5) is 0. The maximum Gasteiger partial charge on any atom is 0.0510 e. The highest BCUT2D eigenvalue weighted by Gasteiger charge is 2.33. The lowest BCUT2D eigenvalue weighted by Gasteiger charge is -2.36. The van der Waals surface area contributed by atoms with Crippen LogP contribution in [0, 0.1) is 17.8 Å². The Morgan fingerprint density at radius 1 is 1.20 bits per heavy atom. The Hall–Kier alpha value is -0.0800. The Labute approximate surface area is 93.8 Å². The van der Waals surface area contributed by atoms with Crippen LogP contribution in [0.2, 0.25) is 0 Å². The van der Waals surface area contributed by atoms with E-state index in [9.17, 15) is 0 Å². The smallest absolute Gasteiger partial charge is 0.0510 e. The van der Waals surface area contributed by atoms with Gasteiger partial charge >= 0.3 is 0 Å². The van der Waals surface area contributed by atoms with E-state index in [0.29, 0.717) is 6.04 Å². The van der Waals surface area contributed by atoms with Gasteiger partial charge in [0.1, 0.15) is 0 Å². The van der Waals surface area contributed by atoms with Gasteiger partial charge in [-0.25, -0.2) is 0 Å². The van der Waals surface area contributed by atoms with Crippen LogP contribution in [-0.4, -0.2) is 26.3 Å². The summed E-state index contributed by atoms with van der Waals surface area (Å²) >= 11 is 0. The summed E-state index contributed by atoms with van der Waals surface area (Å²) in [6.07, 6.45) is 6.97. The minimum absolute atomic E-state index is 0.704. The van der Waals surface area contributed by atoms with Crippen LogP contribution in [0.1, 0.15) is 39.0 Å². The third-order valence-corrected chi connectivity index (χ3v) is 4.29. The molecule has 1 aliphatic heterocycles. The van der Waals surface area contributed by atoms with Crippen molar-refractivity contribution in [2.75, 3.05) is 20.3 Å². The molecule has 1 heterocycles. The lowest BCUT2D eigenvalue weighted by molar-refractivity contribution is 0.146. The second-order valence-corrected chi connectivity index (χ2v) is 5.47. The molecule has 0 amide bonds. The molecule has 2 rings (SSSR count). The van der Waals surface area contributed by atoms with Crippen LogP contribution >= 0.6 is 0 Å². The van der Waals surface area contributed by atoms with Gasteiger partial charge in [-0.2, -0.15) is 0 Å². The van der Waals surface area contributed by atoms with Crippen LogP contribution in [0.4, 0.5) is 0 Å². The molecule has 1 saturated carbocycles. The summed E-state index contributed by atoms with van der Waals surface area (Å²) in [6, 6.07) is 0.704. The predicted molar refractivity (Wildman–Crippen MR) is 62.9 cm³/mol. The normalized spacial score (nSPS) is 39.2. The number of rotatable bonds is 3. The zero-order chi connectivity index (χ0) is 10.7. The molecule has 0 aromatic heterocycles. The molecule has 0 aromatic rings. The van der Waals surface area contributed by atoms with Gasteiger partial charge in [-0.3, -0.25) is 0 Å². The van der Waals surface area contributed by atoms with E-state index in [1.165, 1.54) is 32.1 Å². The summed E-state index contributed by atoms with van der Waals surface area (Å²) in [5.41, 5.74) is 0. The fraction of sp³-hybridized carbons (Fsp3) is 1.00. The van der Waals surface area contributed by atoms with Crippen molar-refractivity contribution in [1.82, 2.24) is 5.32 Å². The molecule has 2 nitrogen and oxygen atoms in total. The molecule has 2 aliphatic rings. The van der Waals surface area contributed by atoms with E-state index < -0.39 is 0 Å². The van der Waals surface area contributed by atoms with Crippen molar-refractivity contribution in [2.45, 2.75) is 45.1 Å². The Bertz CT molecular complexity index is 189. The molecule has 15 heavy (non-hydrogen) atoms. The lowest BCUT2D eigenvalue weighted by Crippen LogP contribution is -2.42. The molecule has 1 N–H and O–H groups in total. The Morgan fingerprint density at radius 2 is 2.07 bits per heavy atom. The first-order valence-electron chi connectivity index (χ1n) is 6.56. The van der Waals surface area contributed by atoms with Gasteiger partial charge in [0.25, 0.3) is 0 Å². The van der Waals surface area contributed by atoms with Crippen molar-refractivity contribution in [3.8, 4) is 0 Å². The Morgan fingerprint density at radius 3 is 2.67 bits per heavy atom. The van der Waals surface area contributed by atoms with Gasteiger partial charge in [0, 0.05) is 18.6 Å². The van der Waals surface area contributed by atoms with Gasteiger partial charge in [-0.1, -0.05) is 19.8 Å². The molecule has 2 fully saturated rings. The average molecular weight is 211 g/mol. The third kappa shape index (κ3) is 2.73. The lowest BCUT2D eigenvalue weighted by atomic mass is 9.75. The highest BCUT2D eigenvalue weighted by molar-refractivity contribution is 4.87. The molecule has 4 unspecified atom stereocenters. The SMILES string of the molecule is CNC(C1CCOC1)C1CCCC(C)C1. The molecule has 4 atom stereocenters. The number of hydrogen-bond acceptors (Lipinski definition) is 2. The van der Waals surface area contributed by atoms with Crippen LogP contribution < -0.4 is 5.32 Å². The van der Waals surface area contributed by atoms with E-state index in [4.69, 9.17) is 4.74 Å². The van der Waals surface area contributed by atoms with E-state index >= 15 is 0 Å². The second-order valence-electron chi connectivity index (χ2n) is 5.47. The van der Waals surface area contributed by atoms with Gasteiger partial charge in [0.2, 0.25) is 0 Å². The van der Waals surface area contributed by atoms with E-state index in [2.05, 4.69) is 19.3 Å². The molecule has 88 valence electrons. The van der Waals surface area contributed by atoms with Crippen molar-refractivity contribution in [3.63, 3.8) is 0 Å². The average Bonchev–Trinajstić information content (AvgIpc) is 2.72. The van der Waals surface area contributed by atoms with Gasteiger partial charge in [0.15, 0.2) is 0 Å². The van der Waals surface area contributed by atoms with Crippen LogP contribution in [0.15, 0.2) is 0 Å². The quantitative estimate of drug-likeness (QED) is 0.774. The summed E-state index contributed by atoms with van der Waals surface area (Å²) in [5, 5.41) is 3.55. The summed E-state index contributed by atoms with van der Waals surface area (Å²) in [6.45, 7) is 4.37. The van der Waals surface area contributed by atoms with Gasteiger partial charge in [-0.05, 0) is 38.1 Å². The molecule has 0 radical (unpaired) electrons. The maximum absolute atomic E-state index is 5.52. The van der Waals surface area contributed by atoms with E-state index in [1.54, 1.807) is 0 Å². The summed E-state index contributed by atoms with van der Waals surface area (Å²) in [7, 11) is 2.13. The first-order valence-corrected chi connectivity index (χ1v) is 6.56. The standard InChI is InChI=1S/C13H25NO/c1-10-4-3-5-11(8-10)13(14-2)12-6-7-15-9-12/h10-14H,3-9H2,1-2H3. The number of ether oxygens (including phenoxy) is 1. The van der Waals surface area contributed by atoms with Crippen molar-refractivity contribution in [1.29, 1.82) is 0 Å². The molecule has 0 bridgehead atoms.